The monoisotopic (exact) mass is 387 g/mol. The van der Waals surface area contributed by atoms with Gasteiger partial charge in [-0.2, -0.15) is 0 Å². The number of cyclic esters (lactones) is 1. The van der Waals surface area contributed by atoms with Gasteiger partial charge in [-0.25, -0.2) is 9.79 Å². The Labute approximate surface area is 169 Å². The van der Waals surface area contributed by atoms with Crippen LogP contribution in [0.15, 0.2) is 71.4 Å². The maximum atomic E-state index is 12.3. The van der Waals surface area contributed by atoms with Crippen LogP contribution in [0, 0.1) is 0 Å². The van der Waals surface area contributed by atoms with Gasteiger partial charge in [-0.3, -0.25) is 0 Å². The molecule has 5 nitrogen and oxygen atoms in total. The summed E-state index contributed by atoms with van der Waals surface area (Å²) in [4.78, 5) is 16.7. The largest absolute Gasteiger partial charge is 0.493 e. The summed E-state index contributed by atoms with van der Waals surface area (Å²) >= 11 is 0. The van der Waals surface area contributed by atoms with Crippen molar-refractivity contribution in [3.05, 3.63) is 77.5 Å². The molecule has 3 aromatic rings. The minimum atomic E-state index is -0.474. The van der Waals surface area contributed by atoms with Crippen LogP contribution in [0.1, 0.15) is 24.5 Å². The Morgan fingerprint density at radius 1 is 1.00 bits per heavy atom. The van der Waals surface area contributed by atoms with Gasteiger partial charge >= 0.3 is 5.97 Å². The molecule has 146 valence electrons. The van der Waals surface area contributed by atoms with E-state index >= 15 is 0 Å². The van der Waals surface area contributed by atoms with E-state index in [0.717, 1.165) is 28.3 Å². The molecule has 5 heteroatoms. The van der Waals surface area contributed by atoms with Crippen molar-refractivity contribution in [2.75, 3.05) is 13.7 Å². The molecule has 0 aromatic heterocycles. The normalized spacial score (nSPS) is 14.8. The summed E-state index contributed by atoms with van der Waals surface area (Å²) in [5.41, 5.74) is 1.79. The SMILES string of the molecule is CCCOc1ccc(/C=C2\N=C(c3ccc4ccccc4c3)OC2=O)cc1OC. The van der Waals surface area contributed by atoms with Gasteiger partial charge in [0.05, 0.1) is 13.7 Å². The number of aliphatic imine (C=N–C) groups is 1. The molecule has 0 spiro atoms. The van der Waals surface area contributed by atoms with E-state index < -0.39 is 5.97 Å². The highest BCUT2D eigenvalue weighted by atomic mass is 16.6. The van der Waals surface area contributed by atoms with E-state index in [2.05, 4.69) is 4.99 Å². The quantitative estimate of drug-likeness (QED) is 0.442. The molecular formula is C24H21NO4. The Hall–Kier alpha value is -3.60. The third kappa shape index (κ3) is 3.99. The highest BCUT2D eigenvalue weighted by molar-refractivity contribution is 6.13. The summed E-state index contributed by atoms with van der Waals surface area (Å²) in [6, 6.07) is 19.4. The van der Waals surface area contributed by atoms with Crippen LogP contribution in [0.4, 0.5) is 0 Å². The van der Waals surface area contributed by atoms with Crippen LogP contribution in [0.3, 0.4) is 0 Å². The van der Waals surface area contributed by atoms with Gasteiger partial charge in [0, 0.05) is 5.56 Å². The first kappa shape index (κ1) is 18.7. The highest BCUT2D eigenvalue weighted by Gasteiger charge is 2.24. The van der Waals surface area contributed by atoms with Crippen molar-refractivity contribution < 1.29 is 19.0 Å². The molecule has 3 aromatic carbocycles. The number of fused-ring (bicyclic) bond motifs is 1. The molecule has 0 unspecified atom stereocenters. The van der Waals surface area contributed by atoms with E-state index in [1.165, 1.54) is 0 Å². The Morgan fingerprint density at radius 3 is 2.62 bits per heavy atom. The van der Waals surface area contributed by atoms with E-state index in [1.54, 1.807) is 13.2 Å². The van der Waals surface area contributed by atoms with E-state index in [4.69, 9.17) is 14.2 Å². The number of carbonyl (C=O) groups excluding carboxylic acids is 1. The van der Waals surface area contributed by atoms with Crippen molar-refractivity contribution in [1.29, 1.82) is 0 Å². The number of benzene rings is 3. The van der Waals surface area contributed by atoms with E-state index in [0.29, 0.717) is 24.0 Å². The summed E-state index contributed by atoms with van der Waals surface area (Å²) in [5.74, 6) is 1.11. The molecule has 0 radical (unpaired) electrons. The van der Waals surface area contributed by atoms with Crippen molar-refractivity contribution in [3.63, 3.8) is 0 Å². The molecule has 1 aliphatic heterocycles. The van der Waals surface area contributed by atoms with Crippen LogP contribution in [0.25, 0.3) is 16.8 Å². The summed E-state index contributed by atoms with van der Waals surface area (Å²) in [6.07, 6.45) is 2.59. The van der Waals surface area contributed by atoms with Crippen molar-refractivity contribution in [1.82, 2.24) is 0 Å². The van der Waals surface area contributed by atoms with Gasteiger partial charge in [0.25, 0.3) is 0 Å². The molecule has 1 heterocycles. The molecule has 0 amide bonds. The van der Waals surface area contributed by atoms with Gasteiger partial charge < -0.3 is 14.2 Å². The Kier molecular flexibility index (Phi) is 5.29. The molecule has 0 atom stereocenters. The number of nitrogens with zero attached hydrogens (tertiary/aromatic N) is 1. The van der Waals surface area contributed by atoms with E-state index in [9.17, 15) is 4.79 Å². The number of carbonyl (C=O) groups is 1. The number of hydrogen-bond acceptors (Lipinski definition) is 5. The topological polar surface area (TPSA) is 57.1 Å². The first-order valence-electron chi connectivity index (χ1n) is 9.50. The molecule has 29 heavy (non-hydrogen) atoms. The lowest BCUT2D eigenvalue weighted by Gasteiger charge is -2.10. The fourth-order valence-corrected chi connectivity index (χ4v) is 3.12. The number of methoxy groups -OCH3 is 1. The molecule has 0 fully saturated rings. The lowest BCUT2D eigenvalue weighted by Crippen LogP contribution is -2.05. The van der Waals surface area contributed by atoms with Crippen molar-refractivity contribution in [2.45, 2.75) is 13.3 Å². The van der Waals surface area contributed by atoms with Gasteiger partial charge in [-0.1, -0.05) is 43.3 Å². The highest BCUT2D eigenvalue weighted by Crippen LogP contribution is 2.30. The lowest BCUT2D eigenvalue weighted by molar-refractivity contribution is -0.129. The number of rotatable bonds is 6. The predicted molar refractivity (Wildman–Crippen MR) is 113 cm³/mol. The van der Waals surface area contributed by atoms with Crippen LogP contribution >= 0.6 is 0 Å². The summed E-state index contributed by atoms with van der Waals surface area (Å²) in [7, 11) is 1.59. The molecular weight excluding hydrogens is 366 g/mol. The molecule has 1 aliphatic rings. The van der Waals surface area contributed by atoms with Crippen LogP contribution in [-0.4, -0.2) is 25.6 Å². The second-order valence-corrected chi connectivity index (χ2v) is 6.66. The van der Waals surface area contributed by atoms with E-state index in [1.807, 2.05) is 67.6 Å². The Balaban J connectivity index is 1.63. The second-order valence-electron chi connectivity index (χ2n) is 6.66. The first-order chi connectivity index (χ1) is 14.2. The van der Waals surface area contributed by atoms with Gasteiger partial charge in [0.15, 0.2) is 17.2 Å². The minimum Gasteiger partial charge on any atom is -0.493 e. The molecule has 0 saturated heterocycles. The van der Waals surface area contributed by atoms with Crippen molar-refractivity contribution >= 4 is 28.7 Å². The van der Waals surface area contributed by atoms with Gasteiger partial charge in [0.2, 0.25) is 5.90 Å². The Bertz CT molecular complexity index is 1130. The smallest absolute Gasteiger partial charge is 0.363 e. The first-order valence-corrected chi connectivity index (χ1v) is 9.50. The fourth-order valence-electron chi connectivity index (χ4n) is 3.12. The molecule has 4 rings (SSSR count). The third-order valence-electron chi connectivity index (χ3n) is 4.57. The van der Waals surface area contributed by atoms with Gasteiger partial charge in [-0.05, 0) is 53.1 Å². The van der Waals surface area contributed by atoms with Gasteiger partial charge in [-0.15, -0.1) is 0 Å². The predicted octanol–water partition coefficient (Wildman–Crippen LogP) is 4.98. The van der Waals surface area contributed by atoms with Crippen molar-refractivity contribution in [3.8, 4) is 11.5 Å². The summed E-state index contributed by atoms with van der Waals surface area (Å²) < 4.78 is 16.5. The van der Waals surface area contributed by atoms with Crippen LogP contribution in [0.5, 0.6) is 11.5 Å². The maximum Gasteiger partial charge on any atom is 0.363 e. The zero-order valence-electron chi connectivity index (χ0n) is 16.3. The minimum absolute atomic E-state index is 0.248. The summed E-state index contributed by atoms with van der Waals surface area (Å²) in [5, 5.41) is 2.18. The van der Waals surface area contributed by atoms with Crippen LogP contribution in [0.2, 0.25) is 0 Å². The average Bonchev–Trinajstić information content (AvgIpc) is 3.12. The Morgan fingerprint density at radius 2 is 1.83 bits per heavy atom. The number of ether oxygens (including phenoxy) is 3. The standard InChI is InChI=1S/C24H21NO4/c1-3-12-28-21-11-8-16(14-22(21)27-2)13-20-24(26)29-23(25-20)19-10-9-17-6-4-5-7-18(17)15-19/h4-11,13-15H,3,12H2,1-2H3/b20-13-. The molecule has 0 bridgehead atoms. The number of esters is 1. The van der Waals surface area contributed by atoms with Gasteiger partial charge in [0.1, 0.15) is 0 Å². The van der Waals surface area contributed by atoms with E-state index in [-0.39, 0.29) is 5.70 Å². The molecule has 0 saturated carbocycles. The second kappa shape index (κ2) is 8.19. The van der Waals surface area contributed by atoms with Crippen LogP contribution in [-0.2, 0) is 9.53 Å². The fraction of sp³-hybridized carbons (Fsp3) is 0.167. The van der Waals surface area contributed by atoms with Crippen LogP contribution < -0.4 is 9.47 Å². The maximum absolute atomic E-state index is 12.3. The third-order valence-corrected chi connectivity index (χ3v) is 4.57. The summed E-state index contributed by atoms with van der Waals surface area (Å²) in [6.45, 7) is 2.66. The molecule has 0 aliphatic carbocycles. The molecule has 0 N–H and O–H groups in total. The zero-order chi connectivity index (χ0) is 20.2. The number of hydrogen-bond donors (Lipinski definition) is 0. The lowest BCUT2D eigenvalue weighted by atomic mass is 10.1. The zero-order valence-corrected chi connectivity index (χ0v) is 16.3. The van der Waals surface area contributed by atoms with Crippen molar-refractivity contribution in [2.24, 2.45) is 4.99 Å². The average molecular weight is 387 g/mol.